The van der Waals surface area contributed by atoms with Gasteiger partial charge >= 0.3 is 0 Å². The SMILES string of the molecule is CCc1cccc(C)c1NC(=O)[C@H]1CCCN(c2nccc(C)n2)C1. The van der Waals surface area contributed by atoms with Crippen LogP contribution in [0.25, 0.3) is 0 Å². The van der Waals surface area contributed by atoms with Gasteiger partial charge in [-0.05, 0) is 50.3 Å². The minimum absolute atomic E-state index is 0.0397. The third-order valence-electron chi connectivity index (χ3n) is 4.85. The Bertz CT molecular complexity index is 759. The molecule has 1 saturated heterocycles. The van der Waals surface area contributed by atoms with E-state index in [1.165, 1.54) is 5.56 Å². The molecule has 0 spiro atoms. The number of aryl methyl sites for hydroxylation is 3. The molecule has 132 valence electrons. The van der Waals surface area contributed by atoms with Crippen LogP contribution in [0.5, 0.6) is 0 Å². The highest BCUT2D eigenvalue weighted by Gasteiger charge is 2.27. The lowest BCUT2D eigenvalue weighted by Crippen LogP contribution is -2.41. The molecule has 25 heavy (non-hydrogen) atoms. The summed E-state index contributed by atoms with van der Waals surface area (Å²) in [6, 6.07) is 8.06. The average molecular weight is 338 g/mol. The second-order valence-corrected chi connectivity index (χ2v) is 6.74. The first kappa shape index (κ1) is 17.4. The lowest BCUT2D eigenvalue weighted by atomic mass is 9.96. The maximum Gasteiger partial charge on any atom is 0.229 e. The Hall–Kier alpha value is -2.43. The third-order valence-corrected chi connectivity index (χ3v) is 4.85. The number of carbonyl (C=O) groups excluding carboxylic acids is 1. The molecule has 1 amide bonds. The number of para-hydroxylation sites is 1. The van der Waals surface area contributed by atoms with Crippen molar-refractivity contribution in [1.29, 1.82) is 0 Å². The molecular formula is C20H26N4O. The van der Waals surface area contributed by atoms with E-state index >= 15 is 0 Å². The van der Waals surface area contributed by atoms with E-state index in [4.69, 9.17) is 0 Å². The van der Waals surface area contributed by atoms with Crippen LogP contribution in [0, 0.1) is 19.8 Å². The Morgan fingerprint density at radius 3 is 2.92 bits per heavy atom. The Balaban J connectivity index is 1.72. The highest BCUT2D eigenvalue weighted by Crippen LogP contribution is 2.25. The number of hydrogen-bond donors (Lipinski definition) is 1. The molecule has 0 aliphatic carbocycles. The van der Waals surface area contributed by atoms with Gasteiger partial charge in [0.15, 0.2) is 0 Å². The van der Waals surface area contributed by atoms with Gasteiger partial charge in [0, 0.05) is 30.7 Å². The lowest BCUT2D eigenvalue weighted by Gasteiger charge is -2.32. The summed E-state index contributed by atoms with van der Waals surface area (Å²) in [7, 11) is 0. The number of piperidine rings is 1. The standard InChI is InChI=1S/C20H26N4O/c1-4-16-8-5-7-14(2)18(16)23-19(25)17-9-6-12-24(13-17)20-21-11-10-15(3)22-20/h5,7-8,10-11,17H,4,6,9,12-13H2,1-3H3,(H,23,25)/t17-/m0/s1. The van der Waals surface area contributed by atoms with E-state index in [2.05, 4.69) is 33.2 Å². The van der Waals surface area contributed by atoms with Gasteiger partial charge in [-0.1, -0.05) is 25.1 Å². The molecular weight excluding hydrogens is 312 g/mol. The van der Waals surface area contributed by atoms with Crippen LogP contribution in [-0.4, -0.2) is 29.0 Å². The van der Waals surface area contributed by atoms with Gasteiger partial charge in [-0.2, -0.15) is 0 Å². The van der Waals surface area contributed by atoms with Gasteiger partial charge in [-0.15, -0.1) is 0 Å². The van der Waals surface area contributed by atoms with E-state index in [0.717, 1.165) is 48.7 Å². The number of amides is 1. The number of aromatic nitrogens is 2. The summed E-state index contributed by atoms with van der Waals surface area (Å²) in [6.45, 7) is 7.69. The lowest BCUT2D eigenvalue weighted by molar-refractivity contribution is -0.120. The topological polar surface area (TPSA) is 58.1 Å². The van der Waals surface area contributed by atoms with Crippen LogP contribution >= 0.6 is 0 Å². The van der Waals surface area contributed by atoms with Crippen molar-refractivity contribution in [2.45, 2.75) is 40.0 Å². The van der Waals surface area contributed by atoms with Crippen molar-refractivity contribution < 1.29 is 4.79 Å². The molecule has 5 nitrogen and oxygen atoms in total. The summed E-state index contributed by atoms with van der Waals surface area (Å²) in [6.07, 6.45) is 4.57. The quantitative estimate of drug-likeness (QED) is 0.927. The Labute approximate surface area is 149 Å². The second-order valence-electron chi connectivity index (χ2n) is 6.74. The van der Waals surface area contributed by atoms with E-state index in [9.17, 15) is 4.79 Å². The monoisotopic (exact) mass is 338 g/mol. The molecule has 1 atom stereocenters. The molecule has 1 aromatic carbocycles. The van der Waals surface area contributed by atoms with Gasteiger partial charge in [-0.3, -0.25) is 4.79 Å². The van der Waals surface area contributed by atoms with Crippen LogP contribution in [0.2, 0.25) is 0 Å². The van der Waals surface area contributed by atoms with Crippen molar-refractivity contribution in [1.82, 2.24) is 9.97 Å². The Kier molecular flexibility index (Phi) is 5.31. The first-order valence-corrected chi connectivity index (χ1v) is 9.02. The predicted molar refractivity (Wildman–Crippen MR) is 101 cm³/mol. The molecule has 0 saturated carbocycles. The van der Waals surface area contributed by atoms with Gasteiger partial charge in [0.25, 0.3) is 0 Å². The molecule has 3 rings (SSSR count). The molecule has 5 heteroatoms. The highest BCUT2D eigenvalue weighted by atomic mass is 16.1. The minimum atomic E-state index is -0.0397. The number of rotatable bonds is 4. The van der Waals surface area contributed by atoms with Crippen molar-refractivity contribution in [3.8, 4) is 0 Å². The van der Waals surface area contributed by atoms with Gasteiger partial charge in [0.1, 0.15) is 0 Å². The van der Waals surface area contributed by atoms with Crippen molar-refractivity contribution >= 4 is 17.5 Å². The fourth-order valence-corrected chi connectivity index (χ4v) is 3.39. The molecule has 1 aliphatic heterocycles. The molecule has 1 fully saturated rings. The van der Waals surface area contributed by atoms with E-state index in [-0.39, 0.29) is 11.8 Å². The summed E-state index contributed by atoms with van der Waals surface area (Å²) in [4.78, 5) is 23.8. The van der Waals surface area contributed by atoms with E-state index in [0.29, 0.717) is 6.54 Å². The van der Waals surface area contributed by atoms with Gasteiger partial charge in [0.2, 0.25) is 11.9 Å². The summed E-state index contributed by atoms with van der Waals surface area (Å²) in [5.74, 6) is 0.783. The maximum absolute atomic E-state index is 12.9. The van der Waals surface area contributed by atoms with Crippen LogP contribution in [0.15, 0.2) is 30.5 Å². The van der Waals surface area contributed by atoms with Gasteiger partial charge < -0.3 is 10.2 Å². The zero-order valence-electron chi connectivity index (χ0n) is 15.2. The summed E-state index contributed by atoms with van der Waals surface area (Å²) in [5.41, 5.74) is 4.22. The summed E-state index contributed by atoms with van der Waals surface area (Å²) in [5, 5.41) is 3.18. The number of carbonyl (C=O) groups is 1. The van der Waals surface area contributed by atoms with E-state index in [1.807, 2.05) is 32.0 Å². The summed E-state index contributed by atoms with van der Waals surface area (Å²) >= 11 is 0. The van der Waals surface area contributed by atoms with Crippen molar-refractivity contribution in [2.24, 2.45) is 5.92 Å². The molecule has 0 radical (unpaired) electrons. The Morgan fingerprint density at radius 1 is 1.32 bits per heavy atom. The molecule has 2 aromatic rings. The number of hydrogen-bond acceptors (Lipinski definition) is 4. The van der Waals surface area contributed by atoms with Gasteiger partial charge in [-0.25, -0.2) is 9.97 Å². The fraction of sp³-hybridized carbons (Fsp3) is 0.450. The largest absolute Gasteiger partial charge is 0.340 e. The normalized spacial score (nSPS) is 17.4. The fourth-order valence-electron chi connectivity index (χ4n) is 3.39. The summed E-state index contributed by atoms with van der Waals surface area (Å²) < 4.78 is 0. The highest BCUT2D eigenvalue weighted by molar-refractivity contribution is 5.94. The Morgan fingerprint density at radius 2 is 2.16 bits per heavy atom. The zero-order chi connectivity index (χ0) is 17.8. The number of anilines is 2. The average Bonchev–Trinajstić information content (AvgIpc) is 2.63. The second kappa shape index (κ2) is 7.64. The van der Waals surface area contributed by atoms with Crippen molar-refractivity contribution in [3.05, 3.63) is 47.3 Å². The molecule has 0 unspecified atom stereocenters. The van der Waals surface area contributed by atoms with Crippen LogP contribution in [0.3, 0.4) is 0 Å². The van der Waals surface area contributed by atoms with E-state index < -0.39 is 0 Å². The van der Waals surface area contributed by atoms with Crippen LogP contribution in [-0.2, 0) is 11.2 Å². The molecule has 0 bridgehead atoms. The van der Waals surface area contributed by atoms with Crippen LogP contribution < -0.4 is 10.2 Å². The zero-order valence-corrected chi connectivity index (χ0v) is 15.2. The van der Waals surface area contributed by atoms with Crippen molar-refractivity contribution in [3.63, 3.8) is 0 Å². The number of nitrogens with one attached hydrogen (secondary N) is 1. The smallest absolute Gasteiger partial charge is 0.229 e. The van der Waals surface area contributed by atoms with E-state index in [1.54, 1.807) is 6.20 Å². The van der Waals surface area contributed by atoms with Gasteiger partial charge in [0.05, 0.1) is 5.92 Å². The number of nitrogens with zero attached hydrogens (tertiary/aromatic N) is 3. The minimum Gasteiger partial charge on any atom is -0.340 e. The number of benzene rings is 1. The van der Waals surface area contributed by atoms with Crippen LogP contribution in [0.4, 0.5) is 11.6 Å². The van der Waals surface area contributed by atoms with Crippen molar-refractivity contribution in [2.75, 3.05) is 23.3 Å². The van der Waals surface area contributed by atoms with Crippen LogP contribution in [0.1, 0.15) is 36.6 Å². The molecule has 2 heterocycles. The maximum atomic E-state index is 12.9. The molecule has 1 aromatic heterocycles. The molecule has 1 N–H and O–H groups in total. The first-order chi connectivity index (χ1) is 12.1. The first-order valence-electron chi connectivity index (χ1n) is 9.02. The molecule has 1 aliphatic rings. The predicted octanol–water partition coefficient (Wildman–Crippen LogP) is 3.51. The third kappa shape index (κ3) is 3.98.